The molecule has 5 heteroatoms. The molecule has 0 aliphatic rings. The molecule has 0 fully saturated rings. The van der Waals surface area contributed by atoms with Gasteiger partial charge in [0, 0.05) is 17.6 Å². The zero-order valence-corrected chi connectivity index (χ0v) is 13.4. The smallest absolute Gasteiger partial charge is 0.239 e. The van der Waals surface area contributed by atoms with Crippen LogP contribution in [0.3, 0.4) is 0 Å². The van der Waals surface area contributed by atoms with Gasteiger partial charge in [-0.3, -0.25) is 4.79 Å². The van der Waals surface area contributed by atoms with E-state index in [1.165, 1.54) is 0 Å². The second kappa shape index (κ2) is 6.91. The molecule has 0 aromatic heterocycles. The van der Waals surface area contributed by atoms with Crippen LogP contribution in [0.2, 0.25) is 0 Å². The van der Waals surface area contributed by atoms with Crippen LogP contribution in [0, 0.1) is 0 Å². The van der Waals surface area contributed by atoms with Gasteiger partial charge in [-0.05, 0) is 54.4 Å². The van der Waals surface area contributed by atoms with Crippen molar-refractivity contribution in [2.45, 2.75) is 32.9 Å². The molecule has 19 heavy (non-hydrogen) atoms. The Kier molecular flexibility index (Phi) is 5.82. The van der Waals surface area contributed by atoms with Crippen LogP contribution >= 0.6 is 15.9 Å². The van der Waals surface area contributed by atoms with Crippen molar-refractivity contribution in [1.29, 1.82) is 0 Å². The van der Waals surface area contributed by atoms with Crippen LogP contribution in [-0.2, 0) is 4.79 Å². The topological polar surface area (TPSA) is 52.6 Å². The quantitative estimate of drug-likeness (QED) is 0.873. The number of hydrogen-bond acceptors (Lipinski definition) is 3. The predicted octanol–water partition coefficient (Wildman–Crippen LogP) is 2.46. The highest BCUT2D eigenvalue weighted by atomic mass is 79.9. The molecule has 1 amide bonds. The van der Waals surface area contributed by atoms with Crippen molar-refractivity contribution in [1.82, 2.24) is 5.32 Å². The Morgan fingerprint density at radius 1 is 1.42 bits per heavy atom. The molecule has 0 aliphatic carbocycles. The van der Waals surface area contributed by atoms with Crippen LogP contribution in [0.1, 0.15) is 32.4 Å². The van der Waals surface area contributed by atoms with E-state index in [1.807, 2.05) is 44.0 Å². The molecular formula is C14H21BrN2O2. The van der Waals surface area contributed by atoms with Crippen molar-refractivity contribution in [3.8, 4) is 0 Å². The molecule has 1 atom stereocenters. The van der Waals surface area contributed by atoms with E-state index < -0.39 is 6.10 Å². The average molecular weight is 329 g/mol. The summed E-state index contributed by atoms with van der Waals surface area (Å²) in [7, 11) is 1.86. The fraction of sp³-hybridized carbons (Fsp3) is 0.500. The number of hydrogen-bond donors (Lipinski definition) is 2. The summed E-state index contributed by atoms with van der Waals surface area (Å²) in [6, 6.07) is 5.77. The number of likely N-dealkylation sites (N-methyl/N-ethyl adjacent to an activating group) is 1. The third-order valence-corrected chi connectivity index (χ3v) is 3.33. The first-order valence-corrected chi connectivity index (χ1v) is 7.08. The number of aliphatic hydroxyl groups is 1. The molecule has 0 spiro atoms. The van der Waals surface area contributed by atoms with Crippen molar-refractivity contribution in [2.24, 2.45) is 0 Å². The minimum absolute atomic E-state index is 0.0102. The minimum atomic E-state index is -0.500. The summed E-state index contributed by atoms with van der Waals surface area (Å²) in [5.41, 5.74) is 1.76. The van der Waals surface area contributed by atoms with Crippen molar-refractivity contribution in [2.75, 3.05) is 18.5 Å². The number of carbonyl (C=O) groups is 1. The molecule has 1 aromatic rings. The number of anilines is 1. The van der Waals surface area contributed by atoms with Gasteiger partial charge in [0.2, 0.25) is 5.91 Å². The summed E-state index contributed by atoms with van der Waals surface area (Å²) in [5.74, 6) is -0.0102. The van der Waals surface area contributed by atoms with Crippen molar-refractivity contribution in [3.63, 3.8) is 0 Å². The van der Waals surface area contributed by atoms with E-state index in [4.69, 9.17) is 0 Å². The van der Waals surface area contributed by atoms with Crippen LogP contribution in [-0.4, -0.2) is 30.6 Å². The van der Waals surface area contributed by atoms with Gasteiger partial charge in [0.1, 0.15) is 0 Å². The first kappa shape index (κ1) is 16.0. The Balaban J connectivity index is 2.77. The lowest BCUT2D eigenvalue weighted by molar-refractivity contribution is -0.120. The Morgan fingerprint density at radius 3 is 2.53 bits per heavy atom. The summed E-state index contributed by atoms with van der Waals surface area (Å²) >= 11 is 3.47. The fourth-order valence-corrected chi connectivity index (χ4v) is 2.46. The van der Waals surface area contributed by atoms with E-state index in [0.717, 1.165) is 15.7 Å². The highest BCUT2D eigenvalue weighted by Gasteiger charge is 2.12. The van der Waals surface area contributed by atoms with Crippen LogP contribution in [0.25, 0.3) is 0 Å². The maximum atomic E-state index is 11.7. The van der Waals surface area contributed by atoms with Crippen LogP contribution in [0.15, 0.2) is 22.7 Å². The van der Waals surface area contributed by atoms with E-state index >= 15 is 0 Å². The number of aliphatic hydroxyl groups excluding tert-OH is 1. The molecule has 1 rings (SSSR count). The number of carbonyl (C=O) groups excluding carboxylic acids is 1. The number of benzene rings is 1. The van der Waals surface area contributed by atoms with Gasteiger partial charge in [0.25, 0.3) is 0 Å². The monoisotopic (exact) mass is 328 g/mol. The summed E-state index contributed by atoms with van der Waals surface area (Å²) in [5, 5.41) is 12.4. The molecule has 0 aliphatic heterocycles. The molecule has 0 saturated heterocycles. The standard InChI is InChI=1S/C14H21BrN2O2/c1-9(2)16-14(19)8-17(4)13-6-5-11(10(3)18)7-12(13)15/h5-7,9-10,18H,8H2,1-4H3,(H,16,19)/t10-/m0/s1. The highest BCUT2D eigenvalue weighted by molar-refractivity contribution is 9.10. The van der Waals surface area contributed by atoms with E-state index in [-0.39, 0.29) is 11.9 Å². The van der Waals surface area contributed by atoms with Gasteiger partial charge >= 0.3 is 0 Å². The molecule has 0 unspecified atom stereocenters. The predicted molar refractivity (Wildman–Crippen MR) is 81.3 cm³/mol. The van der Waals surface area contributed by atoms with Crippen molar-refractivity contribution in [3.05, 3.63) is 28.2 Å². The van der Waals surface area contributed by atoms with Gasteiger partial charge in [0.15, 0.2) is 0 Å². The summed E-state index contributed by atoms with van der Waals surface area (Å²) in [6.45, 7) is 5.89. The van der Waals surface area contributed by atoms with Crippen LogP contribution < -0.4 is 10.2 Å². The largest absolute Gasteiger partial charge is 0.389 e. The zero-order chi connectivity index (χ0) is 14.6. The van der Waals surface area contributed by atoms with Gasteiger partial charge < -0.3 is 15.3 Å². The van der Waals surface area contributed by atoms with Gasteiger partial charge in [-0.25, -0.2) is 0 Å². The van der Waals surface area contributed by atoms with Crippen LogP contribution in [0.5, 0.6) is 0 Å². The molecule has 4 nitrogen and oxygen atoms in total. The summed E-state index contributed by atoms with van der Waals surface area (Å²) < 4.78 is 0.866. The van der Waals surface area contributed by atoms with E-state index in [0.29, 0.717) is 6.54 Å². The SMILES string of the molecule is CC(C)NC(=O)CN(C)c1ccc([C@H](C)O)cc1Br. The second-order valence-electron chi connectivity index (χ2n) is 4.97. The Hall–Kier alpha value is -1.07. The highest BCUT2D eigenvalue weighted by Crippen LogP contribution is 2.28. The number of rotatable bonds is 5. The average Bonchev–Trinajstić information content (AvgIpc) is 2.26. The van der Waals surface area contributed by atoms with Gasteiger partial charge in [-0.2, -0.15) is 0 Å². The molecule has 1 aromatic carbocycles. The van der Waals surface area contributed by atoms with Crippen molar-refractivity contribution >= 4 is 27.5 Å². The molecule has 0 saturated carbocycles. The Morgan fingerprint density at radius 2 is 2.05 bits per heavy atom. The molecule has 0 bridgehead atoms. The maximum absolute atomic E-state index is 11.7. The molecule has 0 heterocycles. The van der Waals surface area contributed by atoms with E-state index in [2.05, 4.69) is 21.2 Å². The Bertz CT molecular complexity index is 447. The van der Waals surface area contributed by atoms with Crippen LogP contribution in [0.4, 0.5) is 5.69 Å². The van der Waals surface area contributed by atoms with E-state index in [1.54, 1.807) is 6.92 Å². The molecule has 106 valence electrons. The lowest BCUT2D eigenvalue weighted by Gasteiger charge is -2.21. The first-order valence-electron chi connectivity index (χ1n) is 6.29. The van der Waals surface area contributed by atoms with Crippen molar-refractivity contribution < 1.29 is 9.90 Å². The molecular weight excluding hydrogens is 308 g/mol. The Labute approximate surface area is 122 Å². The van der Waals surface area contributed by atoms with E-state index in [9.17, 15) is 9.90 Å². The van der Waals surface area contributed by atoms with Gasteiger partial charge in [0.05, 0.1) is 18.3 Å². The second-order valence-corrected chi connectivity index (χ2v) is 5.82. The lowest BCUT2D eigenvalue weighted by Crippen LogP contribution is -2.38. The minimum Gasteiger partial charge on any atom is -0.389 e. The number of halogens is 1. The third kappa shape index (κ3) is 4.84. The zero-order valence-electron chi connectivity index (χ0n) is 11.8. The summed E-state index contributed by atoms with van der Waals surface area (Å²) in [6.07, 6.45) is -0.500. The lowest BCUT2D eigenvalue weighted by atomic mass is 10.1. The number of amides is 1. The molecule has 2 N–H and O–H groups in total. The molecule has 0 radical (unpaired) electrons. The summed E-state index contributed by atoms with van der Waals surface area (Å²) in [4.78, 5) is 13.6. The van der Waals surface area contributed by atoms with Gasteiger partial charge in [-0.1, -0.05) is 6.07 Å². The maximum Gasteiger partial charge on any atom is 0.239 e. The van der Waals surface area contributed by atoms with Gasteiger partial charge in [-0.15, -0.1) is 0 Å². The normalized spacial score (nSPS) is 12.4. The first-order chi connectivity index (χ1) is 8.81. The number of nitrogens with zero attached hydrogens (tertiary/aromatic N) is 1. The fourth-order valence-electron chi connectivity index (χ4n) is 1.76. The number of nitrogens with one attached hydrogen (secondary N) is 1. The third-order valence-electron chi connectivity index (χ3n) is 2.70.